The normalized spacial score (nSPS) is 31.6. The van der Waals surface area contributed by atoms with Crippen molar-refractivity contribution in [2.24, 2.45) is 5.73 Å². The highest BCUT2D eigenvalue weighted by Crippen LogP contribution is 2.25. The molecule has 0 bridgehead atoms. The van der Waals surface area contributed by atoms with E-state index >= 15 is 0 Å². The molecule has 0 saturated carbocycles. The van der Waals surface area contributed by atoms with Crippen molar-refractivity contribution >= 4 is 11.8 Å². The Bertz CT molecular complexity index is 146. The lowest BCUT2D eigenvalue weighted by Crippen LogP contribution is -2.41. The molecule has 1 heterocycles. The first-order valence-electron chi connectivity index (χ1n) is 4.83. The van der Waals surface area contributed by atoms with Crippen LogP contribution in [0.4, 0.5) is 0 Å². The van der Waals surface area contributed by atoms with Crippen LogP contribution in [-0.4, -0.2) is 41.5 Å². The molecule has 4 heteroatoms. The maximum Gasteiger partial charge on any atom is 0.0600 e. The maximum absolute atomic E-state index is 8.76. The van der Waals surface area contributed by atoms with Crippen LogP contribution >= 0.6 is 11.8 Å². The fraction of sp³-hybridized carbons (Fsp3) is 1.00. The van der Waals surface area contributed by atoms with E-state index in [4.69, 9.17) is 15.6 Å². The van der Waals surface area contributed by atoms with Crippen molar-refractivity contribution in [2.75, 3.05) is 19.8 Å². The number of rotatable bonds is 4. The Kier molecular flexibility index (Phi) is 5.09. The van der Waals surface area contributed by atoms with Gasteiger partial charge in [0.25, 0.3) is 0 Å². The van der Waals surface area contributed by atoms with E-state index in [-0.39, 0.29) is 12.6 Å². The first-order valence-corrected chi connectivity index (χ1v) is 5.78. The summed E-state index contributed by atoms with van der Waals surface area (Å²) in [4.78, 5) is 0. The Morgan fingerprint density at radius 1 is 1.69 bits per heavy atom. The van der Waals surface area contributed by atoms with Crippen molar-refractivity contribution in [3.63, 3.8) is 0 Å². The minimum Gasteiger partial charge on any atom is -0.396 e. The van der Waals surface area contributed by atoms with Gasteiger partial charge in [0.05, 0.1) is 6.61 Å². The summed E-state index contributed by atoms with van der Waals surface area (Å²) in [5, 5.41) is 9.64. The van der Waals surface area contributed by atoms with Crippen LogP contribution in [0.2, 0.25) is 0 Å². The molecule has 78 valence electrons. The smallest absolute Gasteiger partial charge is 0.0600 e. The van der Waals surface area contributed by atoms with Crippen molar-refractivity contribution in [3.8, 4) is 0 Å². The molecule has 1 saturated heterocycles. The van der Waals surface area contributed by atoms with Gasteiger partial charge in [0.1, 0.15) is 0 Å². The zero-order valence-corrected chi connectivity index (χ0v) is 8.93. The van der Waals surface area contributed by atoms with Crippen molar-refractivity contribution in [1.29, 1.82) is 0 Å². The Morgan fingerprint density at radius 2 is 2.46 bits per heavy atom. The number of aliphatic hydroxyl groups excluding tert-OH is 1. The third-order valence-corrected chi connectivity index (χ3v) is 3.83. The first kappa shape index (κ1) is 11.3. The quantitative estimate of drug-likeness (QED) is 0.706. The molecule has 0 aromatic rings. The largest absolute Gasteiger partial charge is 0.396 e. The van der Waals surface area contributed by atoms with Gasteiger partial charge in [-0.25, -0.2) is 0 Å². The molecule has 3 atom stereocenters. The number of aliphatic hydroxyl groups is 1. The Morgan fingerprint density at radius 3 is 3.08 bits per heavy atom. The second kappa shape index (κ2) is 5.86. The zero-order valence-electron chi connectivity index (χ0n) is 8.11. The topological polar surface area (TPSA) is 55.5 Å². The van der Waals surface area contributed by atoms with Crippen molar-refractivity contribution in [1.82, 2.24) is 0 Å². The SMILES string of the molecule is CC(CCO)SC1COCCC1N. The molecule has 0 aromatic heterocycles. The molecule has 3 unspecified atom stereocenters. The second-order valence-electron chi connectivity index (χ2n) is 3.52. The van der Waals surface area contributed by atoms with E-state index in [1.807, 2.05) is 11.8 Å². The summed E-state index contributed by atoms with van der Waals surface area (Å²) in [5.41, 5.74) is 5.96. The standard InChI is InChI=1S/C9H19NO2S/c1-7(2-4-11)13-9-6-12-5-3-8(9)10/h7-9,11H,2-6,10H2,1H3. The van der Waals surface area contributed by atoms with Crippen LogP contribution in [0.5, 0.6) is 0 Å². The molecule has 1 aliphatic heterocycles. The molecule has 13 heavy (non-hydrogen) atoms. The van der Waals surface area contributed by atoms with Gasteiger partial charge < -0.3 is 15.6 Å². The van der Waals surface area contributed by atoms with Crippen LogP contribution in [-0.2, 0) is 4.74 Å². The summed E-state index contributed by atoms with van der Waals surface area (Å²) >= 11 is 1.84. The van der Waals surface area contributed by atoms with Crippen LogP contribution in [0.3, 0.4) is 0 Å². The summed E-state index contributed by atoms with van der Waals surface area (Å²) in [6.07, 6.45) is 1.80. The fourth-order valence-electron chi connectivity index (χ4n) is 1.42. The Balaban J connectivity index is 2.25. The van der Waals surface area contributed by atoms with E-state index in [0.29, 0.717) is 10.5 Å². The molecule has 1 rings (SSSR count). The lowest BCUT2D eigenvalue weighted by molar-refractivity contribution is 0.0914. The average molecular weight is 205 g/mol. The number of hydrogen-bond acceptors (Lipinski definition) is 4. The summed E-state index contributed by atoms with van der Waals surface area (Å²) in [7, 11) is 0. The van der Waals surface area contributed by atoms with Gasteiger partial charge in [0.15, 0.2) is 0 Å². The van der Waals surface area contributed by atoms with Gasteiger partial charge in [-0.05, 0) is 12.8 Å². The second-order valence-corrected chi connectivity index (χ2v) is 5.21. The van der Waals surface area contributed by atoms with Gasteiger partial charge in [-0.2, -0.15) is 11.8 Å². The third kappa shape index (κ3) is 3.85. The molecule has 0 radical (unpaired) electrons. The lowest BCUT2D eigenvalue weighted by atomic mass is 10.1. The van der Waals surface area contributed by atoms with Gasteiger partial charge >= 0.3 is 0 Å². The molecule has 0 spiro atoms. The van der Waals surface area contributed by atoms with Gasteiger partial charge in [0, 0.05) is 29.8 Å². The molecular formula is C9H19NO2S. The summed E-state index contributed by atoms with van der Waals surface area (Å²) < 4.78 is 5.37. The molecule has 3 nitrogen and oxygen atoms in total. The lowest BCUT2D eigenvalue weighted by Gasteiger charge is -2.30. The fourth-order valence-corrected chi connectivity index (χ4v) is 2.77. The van der Waals surface area contributed by atoms with Crippen molar-refractivity contribution < 1.29 is 9.84 Å². The highest BCUT2D eigenvalue weighted by molar-refractivity contribution is 8.00. The Labute approximate surface area is 84.0 Å². The maximum atomic E-state index is 8.76. The summed E-state index contributed by atoms with van der Waals surface area (Å²) in [6.45, 7) is 3.95. The van der Waals surface area contributed by atoms with E-state index in [0.717, 1.165) is 26.1 Å². The molecule has 0 amide bonds. The van der Waals surface area contributed by atoms with Crippen molar-refractivity contribution in [3.05, 3.63) is 0 Å². The van der Waals surface area contributed by atoms with Crippen LogP contribution in [0, 0.1) is 0 Å². The predicted octanol–water partition coefficient (Wildman–Crippen LogP) is 0.607. The highest BCUT2D eigenvalue weighted by atomic mass is 32.2. The van der Waals surface area contributed by atoms with Crippen LogP contribution in [0.25, 0.3) is 0 Å². The molecular weight excluding hydrogens is 186 g/mol. The van der Waals surface area contributed by atoms with Gasteiger partial charge in [-0.15, -0.1) is 0 Å². The summed E-state index contributed by atoms with van der Waals surface area (Å²) in [5.74, 6) is 0. The molecule has 0 aliphatic carbocycles. The highest BCUT2D eigenvalue weighted by Gasteiger charge is 2.24. The molecule has 1 fully saturated rings. The average Bonchev–Trinajstić information content (AvgIpc) is 2.09. The number of nitrogens with two attached hydrogens (primary N) is 1. The minimum atomic E-state index is 0.261. The van der Waals surface area contributed by atoms with E-state index < -0.39 is 0 Å². The predicted molar refractivity (Wildman–Crippen MR) is 56.0 cm³/mol. The number of ether oxygens (including phenoxy) is 1. The first-order chi connectivity index (χ1) is 6.24. The van der Waals surface area contributed by atoms with E-state index in [2.05, 4.69) is 6.92 Å². The van der Waals surface area contributed by atoms with Crippen molar-refractivity contribution in [2.45, 2.75) is 36.3 Å². The van der Waals surface area contributed by atoms with Crippen LogP contribution < -0.4 is 5.73 Å². The van der Waals surface area contributed by atoms with E-state index in [1.54, 1.807) is 0 Å². The van der Waals surface area contributed by atoms with Crippen LogP contribution in [0.1, 0.15) is 19.8 Å². The Hall–Kier alpha value is 0.230. The van der Waals surface area contributed by atoms with Crippen LogP contribution in [0.15, 0.2) is 0 Å². The van der Waals surface area contributed by atoms with E-state index in [9.17, 15) is 0 Å². The minimum absolute atomic E-state index is 0.261. The molecule has 3 N–H and O–H groups in total. The zero-order chi connectivity index (χ0) is 9.68. The van der Waals surface area contributed by atoms with Gasteiger partial charge in [0.2, 0.25) is 0 Å². The molecule has 0 aromatic carbocycles. The number of thioether (sulfide) groups is 1. The third-order valence-electron chi connectivity index (χ3n) is 2.30. The number of hydrogen-bond donors (Lipinski definition) is 2. The molecule has 1 aliphatic rings. The van der Waals surface area contributed by atoms with Gasteiger partial charge in [-0.3, -0.25) is 0 Å². The van der Waals surface area contributed by atoms with Gasteiger partial charge in [-0.1, -0.05) is 6.92 Å². The van der Waals surface area contributed by atoms with E-state index in [1.165, 1.54) is 0 Å². The monoisotopic (exact) mass is 205 g/mol. The summed E-state index contributed by atoms with van der Waals surface area (Å²) in [6, 6.07) is 0.264.